The molecule has 0 bridgehead atoms. The van der Waals surface area contributed by atoms with E-state index in [1.54, 1.807) is 0 Å². The maximum Gasteiger partial charge on any atom is 0.142 e. The zero-order chi connectivity index (χ0) is 13.0. The van der Waals surface area contributed by atoms with Gasteiger partial charge in [0.15, 0.2) is 0 Å². The van der Waals surface area contributed by atoms with Crippen molar-refractivity contribution < 1.29 is 10.2 Å². The normalized spacial score (nSPS) is 13.1. The van der Waals surface area contributed by atoms with Crippen molar-refractivity contribution in [2.75, 3.05) is 20.7 Å². The number of rotatable bonds is 5. The van der Waals surface area contributed by atoms with E-state index < -0.39 is 6.10 Å². The Morgan fingerprint density at radius 2 is 1.71 bits per heavy atom. The molecule has 5 heteroatoms. The van der Waals surface area contributed by atoms with Gasteiger partial charge in [0.25, 0.3) is 0 Å². The molecule has 1 aromatic rings. The molecule has 0 aromatic carbocycles. The topological polar surface area (TPSA) is 69.5 Å². The molecule has 2 N–H and O–H groups in total. The van der Waals surface area contributed by atoms with Gasteiger partial charge in [0.1, 0.15) is 5.82 Å². The van der Waals surface area contributed by atoms with Crippen molar-refractivity contribution >= 4 is 0 Å². The zero-order valence-corrected chi connectivity index (χ0v) is 10.9. The molecule has 0 saturated carbocycles. The molecule has 5 nitrogen and oxygen atoms in total. The van der Waals surface area contributed by atoms with E-state index in [9.17, 15) is 5.11 Å². The minimum absolute atomic E-state index is 0.238. The van der Waals surface area contributed by atoms with E-state index in [0.29, 0.717) is 13.0 Å². The molecule has 1 heterocycles. The second-order valence-corrected chi connectivity index (χ2v) is 4.57. The molecule has 1 rings (SSSR count). The Balaban J connectivity index is 2.94. The van der Waals surface area contributed by atoms with Gasteiger partial charge in [-0.2, -0.15) is 0 Å². The van der Waals surface area contributed by atoms with Crippen LogP contribution in [0.1, 0.15) is 22.8 Å². The Morgan fingerprint density at radius 3 is 2.12 bits per heavy atom. The smallest absolute Gasteiger partial charge is 0.142 e. The Bertz CT molecular complexity index is 357. The Labute approximate surface area is 102 Å². The van der Waals surface area contributed by atoms with Crippen LogP contribution in [0.2, 0.25) is 0 Å². The van der Waals surface area contributed by atoms with Crippen LogP contribution in [-0.2, 0) is 13.0 Å². The van der Waals surface area contributed by atoms with E-state index in [1.807, 2.05) is 32.8 Å². The van der Waals surface area contributed by atoms with Crippen LogP contribution < -0.4 is 0 Å². The lowest BCUT2D eigenvalue weighted by Gasteiger charge is -2.15. The molecule has 96 valence electrons. The van der Waals surface area contributed by atoms with Crippen LogP contribution in [0.4, 0.5) is 0 Å². The summed E-state index contributed by atoms with van der Waals surface area (Å²) in [6.45, 7) is 4.28. The van der Waals surface area contributed by atoms with Crippen molar-refractivity contribution in [3.05, 3.63) is 22.8 Å². The van der Waals surface area contributed by atoms with Gasteiger partial charge in [0.05, 0.1) is 19.3 Å². The highest BCUT2D eigenvalue weighted by Crippen LogP contribution is 2.13. The second-order valence-electron chi connectivity index (χ2n) is 4.57. The standard InChI is InChI=1S/C12H21N3O2/c1-8-11(5-10(17)7-16)9(2)14-12(13-8)6-15(3)4/h10,16-17H,5-7H2,1-4H3. The number of aromatic nitrogens is 2. The predicted molar refractivity (Wildman–Crippen MR) is 65.7 cm³/mol. The first-order chi connectivity index (χ1) is 7.93. The Morgan fingerprint density at radius 1 is 1.18 bits per heavy atom. The largest absolute Gasteiger partial charge is 0.394 e. The summed E-state index contributed by atoms with van der Waals surface area (Å²) >= 11 is 0. The first-order valence-electron chi connectivity index (χ1n) is 5.70. The third-order valence-electron chi connectivity index (χ3n) is 2.58. The van der Waals surface area contributed by atoms with Gasteiger partial charge < -0.3 is 15.1 Å². The molecule has 0 aliphatic rings. The van der Waals surface area contributed by atoms with Gasteiger partial charge in [-0.3, -0.25) is 0 Å². The fraction of sp³-hybridized carbons (Fsp3) is 0.667. The number of aryl methyl sites for hydroxylation is 2. The highest BCUT2D eigenvalue weighted by atomic mass is 16.3. The van der Waals surface area contributed by atoms with E-state index in [-0.39, 0.29) is 6.61 Å². The first kappa shape index (κ1) is 14.0. The van der Waals surface area contributed by atoms with E-state index in [0.717, 1.165) is 22.8 Å². The fourth-order valence-electron chi connectivity index (χ4n) is 1.76. The molecule has 1 aromatic heterocycles. The number of nitrogens with zero attached hydrogens (tertiary/aromatic N) is 3. The molecule has 0 aliphatic heterocycles. The lowest BCUT2D eigenvalue weighted by molar-refractivity contribution is 0.0951. The van der Waals surface area contributed by atoms with Crippen LogP contribution in [0.3, 0.4) is 0 Å². The Kier molecular flexibility index (Phi) is 4.99. The molecular weight excluding hydrogens is 218 g/mol. The summed E-state index contributed by atoms with van der Waals surface area (Å²) in [5.74, 6) is 0.784. The van der Waals surface area contributed by atoms with Crippen LogP contribution in [0.25, 0.3) is 0 Å². The van der Waals surface area contributed by atoms with Crippen LogP contribution >= 0.6 is 0 Å². The summed E-state index contributed by atoms with van der Waals surface area (Å²) in [6, 6.07) is 0. The third kappa shape index (κ3) is 4.03. The molecule has 1 atom stereocenters. The highest BCUT2D eigenvalue weighted by molar-refractivity contribution is 5.25. The summed E-state index contributed by atoms with van der Waals surface area (Å²) in [7, 11) is 3.94. The van der Waals surface area contributed by atoms with E-state index in [4.69, 9.17) is 5.11 Å². The molecule has 0 radical (unpaired) electrons. The van der Waals surface area contributed by atoms with Gasteiger partial charge in [0, 0.05) is 17.8 Å². The second kappa shape index (κ2) is 6.05. The monoisotopic (exact) mass is 239 g/mol. The molecule has 0 aliphatic carbocycles. The average molecular weight is 239 g/mol. The predicted octanol–water partition coefficient (Wildman–Crippen LogP) is 0.0507. The van der Waals surface area contributed by atoms with Gasteiger partial charge in [0.2, 0.25) is 0 Å². The summed E-state index contributed by atoms with van der Waals surface area (Å²) in [5.41, 5.74) is 2.68. The molecule has 17 heavy (non-hydrogen) atoms. The maximum absolute atomic E-state index is 9.46. The van der Waals surface area contributed by atoms with Gasteiger partial charge in [-0.1, -0.05) is 0 Å². The Hall–Kier alpha value is -1.04. The third-order valence-corrected chi connectivity index (χ3v) is 2.58. The van der Waals surface area contributed by atoms with Gasteiger partial charge in [-0.15, -0.1) is 0 Å². The summed E-state index contributed by atoms with van der Waals surface area (Å²) < 4.78 is 0. The molecule has 0 saturated heterocycles. The van der Waals surface area contributed by atoms with Crippen molar-refractivity contribution in [2.24, 2.45) is 0 Å². The van der Waals surface area contributed by atoms with Gasteiger partial charge in [-0.05, 0) is 33.5 Å². The van der Waals surface area contributed by atoms with Crippen molar-refractivity contribution in [3.8, 4) is 0 Å². The first-order valence-corrected chi connectivity index (χ1v) is 5.70. The average Bonchev–Trinajstić information content (AvgIpc) is 2.22. The molecule has 0 spiro atoms. The van der Waals surface area contributed by atoms with E-state index in [2.05, 4.69) is 9.97 Å². The molecule has 1 unspecified atom stereocenters. The van der Waals surface area contributed by atoms with E-state index >= 15 is 0 Å². The SMILES string of the molecule is Cc1nc(CN(C)C)nc(C)c1CC(O)CO. The minimum atomic E-state index is -0.740. The van der Waals surface area contributed by atoms with Crippen LogP contribution in [-0.4, -0.2) is 51.9 Å². The van der Waals surface area contributed by atoms with E-state index in [1.165, 1.54) is 0 Å². The molecule has 0 fully saturated rings. The lowest BCUT2D eigenvalue weighted by Crippen LogP contribution is -2.19. The summed E-state index contributed by atoms with van der Waals surface area (Å²) in [5, 5.41) is 18.3. The maximum atomic E-state index is 9.46. The molecule has 0 amide bonds. The number of aliphatic hydroxyl groups is 2. The van der Waals surface area contributed by atoms with Gasteiger partial charge in [-0.25, -0.2) is 9.97 Å². The van der Waals surface area contributed by atoms with Gasteiger partial charge >= 0.3 is 0 Å². The highest BCUT2D eigenvalue weighted by Gasteiger charge is 2.12. The number of hydrogen-bond donors (Lipinski definition) is 2. The van der Waals surface area contributed by atoms with Crippen LogP contribution in [0.5, 0.6) is 0 Å². The number of hydrogen-bond acceptors (Lipinski definition) is 5. The van der Waals surface area contributed by atoms with Crippen molar-refractivity contribution in [3.63, 3.8) is 0 Å². The zero-order valence-electron chi connectivity index (χ0n) is 10.9. The van der Waals surface area contributed by atoms with Crippen molar-refractivity contribution in [1.82, 2.24) is 14.9 Å². The number of aliphatic hydroxyl groups excluding tert-OH is 2. The summed E-state index contributed by atoms with van der Waals surface area (Å²) in [4.78, 5) is 10.8. The van der Waals surface area contributed by atoms with Crippen molar-refractivity contribution in [1.29, 1.82) is 0 Å². The lowest BCUT2D eigenvalue weighted by atomic mass is 10.1. The van der Waals surface area contributed by atoms with Crippen LogP contribution in [0, 0.1) is 13.8 Å². The van der Waals surface area contributed by atoms with Crippen LogP contribution in [0.15, 0.2) is 0 Å². The minimum Gasteiger partial charge on any atom is -0.394 e. The fourth-order valence-corrected chi connectivity index (χ4v) is 1.76. The summed E-state index contributed by atoms with van der Waals surface area (Å²) in [6.07, 6.45) is -0.341. The molecular formula is C12H21N3O2. The van der Waals surface area contributed by atoms with Crippen molar-refractivity contribution in [2.45, 2.75) is 32.9 Å². The quantitative estimate of drug-likeness (QED) is 0.760.